The normalized spacial score (nSPS) is 10.3. The second-order valence-corrected chi connectivity index (χ2v) is 4.54. The van der Waals surface area contributed by atoms with Crippen molar-refractivity contribution in [2.45, 2.75) is 26.7 Å². The van der Waals surface area contributed by atoms with Gasteiger partial charge in [0, 0.05) is 24.4 Å². The molecule has 20 heavy (non-hydrogen) atoms. The molecule has 0 fully saturated rings. The van der Waals surface area contributed by atoms with Gasteiger partial charge in [-0.25, -0.2) is 9.97 Å². The maximum atomic E-state index is 5.58. The van der Waals surface area contributed by atoms with Crippen molar-refractivity contribution in [2.75, 3.05) is 19.0 Å². The largest absolute Gasteiger partial charge is 0.494 e. The second-order valence-electron chi connectivity index (χ2n) is 4.54. The SMILES string of the molecule is CCCOc1ccc(-c2nc(CC)cc(NC)n2)cc1. The van der Waals surface area contributed by atoms with E-state index in [1.807, 2.05) is 37.4 Å². The molecule has 0 amide bonds. The third kappa shape index (κ3) is 3.47. The van der Waals surface area contributed by atoms with Gasteiger partial charge in [0.1, 0.15) is 11.6 Å². The zero-order chi connectivity index (χ0) is 14.4. The molecule has 0 aliphatic rings. The summed E-state index contributed by atoms with van der Waals surface area (Å²) in [5, 5.41) is 3.08. The second kappa shape index (κ2) is 6.89. The minimum absolute atomic E-state index is 0.741. The lowest BCUT2D eigenvalue weighted by Crippen LogP contribution is -2.00. The highest BCUT2D eigenvalue weighted by molar-refractivity contribution is 5.58. The first-order valence-electron chi connectivity index (χ1n) is 7.05. The smallest absolute Gasteiger partial charge is 0.161 e. The predicted octanol–water partition coefficient (Wildman–Crippen LogP) is 3.54. The number of benzene rings is 1. The fourth-order valence-corrected chi connectivity index (χ4v) is 1.86. The van der Waals surface area contributed by atoms with Crippen molar-refractivity contribution in [2.24, 2.45) is 0 Å². The van der Waals surface area contributed by atoms with Gasteiger partial charge in [-0.3, -0.25) is 0 Å². The van der Waals surface area contributed by atoms with Crippen molar-refractivity contribution < 1.29 is 4.74 Å². The molecule has 0 spiro atoms. The Morgan fingerprint density at radius 3 is 2.45 bits per heavy atom. The first-order chi connectivity index (χ1) is 9.76. The van der Waals surface area contributed by atoms with E-state index in [1.165, 1.54) is 0 Å². The molecule has 0 saturated heterocycles. The van der Waals surface area contributed by atoms with Crippen LogP contribution in [0.4, 0.5) is 5.82 Å². The summed E-state index contributed by atoms with van der Waals surface area (Å²) in [7, 11) is 1.87. The number of rotatable bonds is 6. The van der Waals surface area contributed by atoms with E-state index in [-0.39, 0.29) is 0 Å². The van der Waals surface area contributed by atoms with Gasteiger partial charge in [0.05, 0.1) is 6.61 Å². The lowest BCUT2D eigenvalue weighted by atomic mass is 10.2. The van der Waals surface area contributed by atoms with Crippen LogP contribution < -0.4 is 10.1 Å². The van der Waals surface area contributed by atoms with Crippen molar-refractivity contribution in [3.05, 3.63) is 36.0 Å². The summed E-state index contributed by atoms with van der Waals surface area (Å²) in [6, 6.07) is 9.90. The molecule has 4 nitrogen and oxygen atoms in total. The summed E-state index contributed by atoms with van der Waals surface area (Å²) < 4.78 is 5.58. The zero-order valence-corrected chi connectivity index (χ0v) is 12.3. The average molecular weight is 271 g/mol. The Balaban J connectivity index is 2.26. The van der Waals surface area contributed by atoms with Crippen LogP contribution in [0.1, 0.15) is 26.0 Å². The molecule has 4 heteroatoms. The lowest BCUT2D eigenvalue weighted by molar-refractivity contribution is 0.317. The number of hydrogen-bond acceptors (Lipinski definition) is 4. The van der Waals surface area contributed by atoms with Gasteiger partial charge in [0.25, 0.3) is 0 Å². The number of nitrogens with one attached hydrogen (secondary N) is 1. The molecule has 0 saturated carbocycles. The van der Waals surface area contributed by atoms with E-state index in [9.17, 15) is 0 Å². The van der Waals surface area contributed by atoms with Crippen LogP contribution in [0, 0.1) is 0 Å². The van der Waals surface area contributed by atoms with Crippen LogP contribution in [0.3, 0.4) is 0 Å². The van der Waals surface area contributed by atoms with Crippen LogP contribution in [0.25, 0.3) is 11.4 Å². The molecule has 0 aliphatic heterocycles. The molecule has 0 atom stereocenters. The van der Waals surface area contributed by atoms with Crippen LogP contribution in [-0.2, 0) is 6.42 Å². The summed E-state index contributed by atoms with van der Waals surface area (Å²) >= 11 is 0. The number of anilines is 1. The van der Waals surface area contributed by atoms with E-state index in [4.69, 9.17) is 4.74 Å². The molecular formula is C16H21N3O. The first kappa shape index (κ1) is 14.3. The van der Waals surface area contributed by atoms with E-state index in [0.29, 0.717) is 0 Å². The maximum absolute atomic E-state index is 5.58. The summed E-state index contributed by atoms with van der Waals surface area (Å²) in [6.07, 6.45) is 1.90. The van der Waals surface area contributed by atoms with Gasteiger partial charge in [-0.2, -0.15) is 0 Å². The third-order valence-electron chi connectivity index (χ3n) is 2.98. The maximum Gasteiger partial charge on any atom is 0.161 e. The minimum Gasteiger partial charge on any atom is -0.494 e. The van der Waals surface area contributed by atoms with Crippen LogP contribution in [0.2, 0.25) is 0 Å². The fraction of sp³-hybridized carbons (Fsp3) is 0.375. The molecule has 0 aliphatic carbocycles. The molecule has 2 rings (SSSR count). The number of hydrogen-bond donors (Lipinski definition) is 1. The van der Waals surface area contributed by atoms with Crippen molar-refractivity contribution in [3.63, 3.8) is 0 Å². The molecule has 0 bridgehead atoms. The lowest BCUT2D eigenvalue weighted by Gasteiger charge is -2.08. The molecule has 0 radical (unpaired) electrons. The van der Waals surface area contributed by atoms with Gasteiger partial charge in [0.15, 0.2) is 5.82 Å². The van der Waals surface area contributed by atoms with Gasteiger partial charge < -0.3 is 10.1 Å². The Kier molecular flexibility index (Phi) is 4.93. The van der Waals surface area contributed by atoms with Crippen LogP contribution in [0.5, 0.6) is 5.75 Å². The number of nitrogens with zero attached hydrogens (tertiary/aromatic N) is 2. The van der Waals surface area contributed by atoms with Crippen molar-refractivity contribution >= 4 is 5.82 Å². The summed E-state index contributed by atoms with van der Waals surface area (Å²) in [5.41, 5.74) is 2.03. The zero-order valence-electron chi connectivity index (χ0n) is 12.3. The van der Waals surface area contributed by atoms with Crippen molar-refractivity contribution in [1.82, 2.24) is 9.97 Å². The third-order valence-corrected chi connectivity index (χ3v) is 2.98. The monoisotopic (exact) mass is 271 g/mol. The van der Waals surface area contributed by atoms with E-state index >= 15 is 0 Å². The predicted molar refractivity (Wildman–Crippen MR) is 82.2 cm³/mol. The quantitative estimate of drug-likeness (QED) is 0.873. The van der Waals surface area contributed by atoms with Crippen LogP contribution >= 0.6 is 0 Å². The van der Waals surface area contributed by atoms with Crippen LogP contribution in [0.15, 0.2) is 30.3 Å². The molecule has 0 unspecified atom stereocenters. The Morgan fingerprint density at radius 2 is 1.85 bits per heavy atom. The molecule has 1 aromatic carbocycles. The number of aryl methyl sites for hydroxylation is 1. The highest BCUT2D eigenvalue weighted by Gasteiger charge is 2.06. The standard InChI is InChI=1S/C16H21N3O/c1-4-10-20-14-8-6-12(7-9-14)16-18-13(5-2)11-15(17-3)19-16/h6-9,11H,4-5,10H2,1-3H3,(H,17,18,19). The molecule has 1 aromatic heterocycles. The van der Waals surface area contributed by atoms with E-state index in [1.54, 1.807) is 0 Å². The molecular weight excluding hydrogens is 250 g/mol. The van der Waals surface area contributed by atoms with Crippen LogP contribution in [-0.4, -0.2) is 23.6 Å². The number of aromatic nitrogens is 2. The van der Waals surface area contributed by atoms with Gasteiger partial charge in [-0.15, -0.1) is 0 Å². The fourth-order valence-electron chi connectivity index (χ4n) is 1.86. The average Bonchev–Trinajstić information content (AvgIpc) is 2.52. The molecule has 1 heterocycles. The number of ether oxygens (including phenoxy) is 1. The highest BCUT2D eigenvalue weighted by Crippen LogP contribution is 2.21. The van der Waals surface area contributed by atoms with Gasteiger partial charge in [-0.1, -0.05) is 13.8 Å². The summed E-state index contributed by atoms with van der Waals surface area (Å²) in [4.78, 5) is 9.07. The highest BCUT2D eigenvalue weighted by atomic mass is 16.5. The van der Waals surface area contributed by atoms with Gasteiger partial charge >= 0.3 is 0 Å². The summed E-state index contributed by atoms with van der Waals surface area (Å²) in [6.45, 7) is 4.93. The Hall–Kier alpha value is -2.10. The first-order valence-corrected chi connectivity index (χ1v) is 7.05. The van der Waals surface area contributed by atoms with Crippen molar-refractivity contribution in [3.8, 4) is 17.1 Å². The van der Waals surface area contributed by atoms with E-state index < -0.39 is 0 Å². The topological polar surface area (TPSA) is 47.0 Å². The van der Waals surface area contributed by atoms with Crippen molar-refractivity contribution in [1.29, 1.82) is 0 Å². The van der Waals surface area contributed by atoms with Gasteiger partial charge in [0.2, 0.25) is 0 Å². The molecule has 1 N–H and O–H groups in total. The Bertz CT molecular complexity index is 530. The Morgan fingerprint density at radius 1 is 1.10 bits per heavy atom. The molecule has 2 aromatic rings. The van der Waals surface area contributed by atoms with E-state index in [2.05, 4.69) is 29.1 Å². The van der Waals surface area contributed by atoms with E-state index in [0.717, 1.165) is 48.1 Å². The Labute approximate surface area is 120 Å². The summed E-state index contributed by atoms with van der Waals surface area (Å²) in [5.74, 6) is 2.48. The molecule has 106 valence electrons. The minimum atomic E-state index is 0.741. The van der Waals surface area contributed by atoms with Gasteiger partial charge in [-0.05, 0) is 37.1 Å².